The average Bonchev–Trinajstić information content (AvgIpc) is 2.49. The van der Waals surface area contributed by atoms with Gasteiger partial charge in [0.25, 0.3) is 0 Å². The van der Waals surface area contributed by atoms with Gasteiger partial charge in [0, 0.05) is 18.3 Å². The quantitative estimate of drug-likeness (QED) is 0.805. The number of halogens is 1. The maximum Gasteiger partial charge on any atom is 0.319 e. The van der Waals surface area contributed by atoms with Gasteiger partial charge in [-0.25, -0.2) is 9.18 Å². The zero-order chi connectivity index (χ0) is 16.8. The molecule has 0 fully saturated rings. The van der Waals surface area contributed by atoms with E-state index in [2.05, 4.69) is 16.0 Å². The molecule has 0 aliphatic carbocycles. The van der Waals surface area contributed by atoms with Crippen LogP contribution in [0.1, 0.15) is 25.5 Å². The van der Waals surface area contributed by atoms with Crippen LogP contribution >= 0.6 is 0 Å². The summed E-state index contributed by atoms with van der Waals surface area (Å²) in [6.07, 6.45) is 0. The van der Waals surface area contributed by atoms with E-state index in [1.54, 1.807) is 36.4 Å². The van der Waals surface area contributed by atoms with E-state index in [-0.39, 0.29) is 23.8 Å². The molecule has 0 saturated carbocycles. The summed E-state index contributed by atoms with van der Waals surface area (Å²) in [4.78, 5) is 22.9. The van der Waals surface area contributed by atoms with Crippen LogP contribution < -0.4 is 16.0 Å². The van der Waals surface area contributed by atoms with E-state index in [1.165, 1.54) is 19.1 Å². The molecule has 0 aromatic heterocycles. The Morgan fingerprint density at radius 3 is 1.96 bits per heavy atom. The van der Waals surface area contributed by atoms with Crippen molar-refractivity contribution in [3.63, 3.8) is 0 Å². The van der Waals surface area contributed by atoms with Crippen LogP contribution in [0.25, 0.3) is 0 Å². The van der Waals surface area contributed by atoms with E-state index in [4.69, 9.17) is 0 Å². The van der Waals surface area contributed by atoms with Crippen LogP contribution in [0.4, 0.5) is 20.6 Å². The maximum atomic E-state index is 12.9. The van der Waals surface area contributed by atoms with E-state index < -0.39 is 0 Å². The number of hydrogen-bond donors (Lipinski definition) is 3. The zero-order valence-electron chi connectivity index (χ0n) is 12.9. The average molecular weight is 315 g/mol. The van der Waals surface area contributed by atoms with Gasteiger partial charge in [0.05, 0.1) is 6.04 Å². The van der Waals surface area contributed by atoms with Crippen LogP contribution in [0.5, 0.6) is 0 Å². The summed E-state index contributed by atoms with van der Waals surface area (Å²) < 4.78 is 12.9. The first-order chi connectivity index (χ1) is 10.9. The molecule has 3 N–H and O–H groups in total. The molecule has 23 heavy (non-hydrogen) atoms. The summed E-state index contributed by atoms with van der Waals surface area (Å²) in [5, 5.41) is 8.11. The molecule has 1 atom stereocenters. The molecule has 2 aromatic carbocycles. The third kappa shape index (κ3) is 5.10. The SMILES string of the molecule is CC(=O)Nc1ccc(NC(=O)N[C@H](C)c2ccc(F)cc2)cc1. The summed E-state index contributed by atoms with van der Waals surface area (Å²) in [5.74, 6) is -0.471. The lowest BCUT2D eigenvalue weighted by Gasteiger charge is -2.15. The van der Waals surface area contributed by atoms with Crippen molar-refractivity contribution < 1.29 is 14.0 Å². The minimum absolute atomic E-state index is 0.156. The first kappa shape index (κ1) is 16.5. The molecule has 0 saturated heterocycles. The van der Waals surface area contributed by atoms with Gasteiger partial charge in [0.15, 0.2) is 0 Å². The van der Waals surface area contributed by atoms with Crippen LogP contribution in [-0.4, -0.2) is 11.9 Å². The Labute approximate surface area is 133 Å². The summed E-state index contributed by atoms with van der Waals surface area (Å²) in [5.41, 5.74) is 2.06. The van der Waals surface area contributed by atoms with Gasteiger partial charge in [0.1, 0.15) is 5.82 Å². The minimum atomic E-state index is -0.367. The fraction of sp³-hybridized carbons (Fsp3) is 0.176. The van der Waals surface area contributed by atoms with Crippen molar-refractivity contribution >= 4 is 23.3 Å². The second-order valence-corrected chi connectivity index (χ2v) is 5.13. The van der Waals surface area contributed by atoms with E-state index in [0.717, 1.165) is 5.56 Å². The zero-order valence-corrected chi connectivity index (χ0v) is 12.9. The van der Waals surface area contributed by atoms with Crippen LogP contribution in [0.15, 0.2) is 48.5 Å². The highest BCUT2D eigenvalue weighted by Crippen LogP contribution is 2.15. The molecule has 0 spiro atoms. The Kier molecular flexibility index (Phi) is 5.30. The predicted molar refractivity (Wildman–Crippen MR) is 87.7 cm³/mol. The highest BCUT2D eigenvalue weighted by Gasteiger charge is 2.09. The molecule has 2 rings (SSSR count). The van der Waals surface area contributed by atoms with Crippen LogP contribution in [0.2, 0.25) is 0 Å². The minimum Gasteiger partial charge on any atom is -0.331 e. The Bertz CT molecular complexity index is 684. The third-order valence-electron chi connectivity index (χ3n) is 3.18. The molecule has 3 amide bonds. The molecule has 0 bridgehead atoms. The predicted octanol–water partition coefficient (Wildman–Crippen LogP) is 3.67. The van der Waals surface area contributed by atoms with E-state index in [1.807, 2.05) is 6.92 Å². The molecule has 0 radical (unpaired) electrons. The fourth-order valence-corrected chi connectivity index (χ4v) is 2.04. The lowest BCUT2D eigenvalue weighted by molar-refractivity contribution is -0.114. The molecule has 5 nitrogen and oxygen atoms in total. The number of nitrogens with one attached hydrogen (secondary N) is 3. The highest BCUT2D eigenvalue weighted by atomic mass is 19.1. The largest absolute Gasteiger partial charge is 0.331 e. The summed E-state index contributed by atoms with van der Waals surface area (Å²) in [6, 6.07) is 12.1. The second-order valence-electron chi connectivity index (χ2n) is 5.13. The van der Waals surface area contributed by atoms with Crippen molar-refractivity contribution in [2.45, 2.75) is 19.9 Å². The van der Waals surface area contributed by atoms with Gasteiger partial charge in [-0.2, -0.15) is 0 Å². The van der Waals surface area contributed by atoms with Gasteiger partial charge in [-0.3, -0.25) is 4.79 Å². The van der Waals surface area contributed by atoms with Crippen molar-refractivity contribution in [2.24, 2.45) is 0 Å². The van der Waals surface area contributed by atoms with Gasteiger partial charge >= 0.3 is 6.03 Å². The molecular weight excluding hydrogens is 297 g/mol. The van der Waals surface area contributed by atoms with Gasteiger partial charge in [0.2, 0.25) is 5.91 Å². The van der Waals surface area contributed by atoms with Gasteiger partial charge < -0.3 is 16.0 Å². The number of hydrogen-bond acceptors (Lipinski definition) is 2. The number of urea groups is 1. The molecule has 0 unspecified atom stereocenters. The molecule has 0 aliphatic rings. The normalized spacial score (nSPS) is 11.4. The van der Waals surface area contributed by atoms with Crippen LogP contribution in [0.3, 0.4) is 0 Å². The van der Waals surface area contributed by atoms with Gasteiger partial charge in [-0.1, -0.05) is 12.1 Å². The molecular formula is C17H18FN3O2. The maximum absolute atomic E-state index is 12.9. The molecule has 0 aliphatic heterocycles. The smallest absolute Gasteiger partial charge is 0.319 e. The first-order valence-electron chi connectivity index (χ1n) is 7.14. The fourth-order valence-electron chi connectivity index (χ4n) is 2.04. The van der Waals surface area contributed by atoms with E-state index in [0.29, 0.717) is 11.4 Å². The van der Waals surface area contributed by atoms with Crippen molar-refractivity contribution in [3.05, 3.63) is 59.9 Å². The topological polar surface area (TPSA) is 70.2 Å². The number of rotatable bonds is 4. The third-order valence-corrected chi connectivity index (χ3v) is 3.18. The summed E-state index contributed by atoms with van der Waals surface area (Å²) in [7, 11) is 0. The lowest BCUT2D eigenvalue weighted by atomic mass is 10.1. The first-order valence-corrected chi connectivity index (χ1v) is 7.14. The molecule has 0 heterocycles. The lowest BCUT2D eigenvalue weighted by Crippen LogP contribution is -2.31. The van der Waals surface area contributed by atoms with E-state index >= 15 is 0 Å². The Balaban J connectivity index is 1.91. The van der Waals surface area contributed by atoms with Crippen LogP contribution in [0, 0.1) is 5.82 Å². The molecule has 120 valence electrons. The van der Waals surface area contributed by atoms with Crippen molar-refractivity contribution in [1.29, 1.82) is 0 Å². The number of carbonyl (C=O) groups excluding carboxylic acids is 2. The highest BCUT2D eigenvalue weighted by molar-refractivity contribution is 5.91. The number of anilines is 2. The number of benzene rings is 2. The Morgan fingerprint density at radius 1 is 0.913 bits per heavy atom. The van der Waals surface area contributed by atoms with E-state index in [9.17, 15) is 14.0 Å². The summed E-state index contributed by atoms with van der Waals surface area (Å²) in [6.45, 7) is 3.24. The van der Waals surface area contributed by atoms with Crippen molar-refractivity contribution in [3.8, 4) is 0 Å². The van der Waals surface area contributed by atoms with Gasteiger partial charge in [-0.15, -0.1) is 0 Å². The Hall–Kier alpha value is -2.89. The van der Waals surface area contributed by atoms with Crippen molar-refractivity contribution in [2.75, 3.05) is 10.6 Å². The summed E-state index contributed by atoms with van der Waals surface area (Å²) >= 11 is 0. The second kappa shape index (κ2) is 7.40. The van der Waals surface area contributed by atoms with Crippen molar-refractivity contribution in [1.82, 2.24) is 5.32 Å². The molecule has 2 aromatic rings. The standard InChI is InChI=1S/C17H18FN3O2/c1-11(13-3-5-14(18)6-4-13)19-17(23)21-16-9-7-15(8-10-16)20-12(2)22/h3-11H,1-2H3,(H,20,22)(H2,19,21,23)/t11-/m1/s1. The molecule has 6 heteroatoms. The van der Waals surface area contributed by atoms with Gasteiger partial charge in [-0.05, 0) is 48.9 Å². The number of amides is 3. The Morgan fingerprint density at radius 2 is 1.43 bits per heavy atom. The van der Waals surface area contributed by atoms with Crippen LogP contribution in [-0.2, 0) is 4.79 Å². The monoisotopic (exact) mass is 315 g/mol. The number of carbonyl (C=O) groups is 2.